The van der Waals surface area contributed by atoms with Gasteiger partial charge in [-0.25, -0.2) is 0 Å². The van der Waals surface area contributed by atoms with E-state index in [2.05, 4.69) is 45.0 Å². The quantitative estimate of drug-likeness (QED) is 0.435. The molecule has 0 saturated carbocycles. The highest BCUT2D eigenvalue weighted by Crippen LogP contribution is 2.24. The summed E-state index contributed by atoms with van der Waals surface area (Å²) < 4.78 is 5.36. The summed E-state index contributed by atoms with van der Waals surface area (Å²) in [6, 6.07) is 4.85. The molecule has 2 N–H and O–H groups in total. The number of guanidine groups is 1. The topological polar surface area (TPSA) is 48.9 Å². The van der Waals surface area contributed by atoms with Crippen LogP contribution in [-0.4, -0.2) is 51.4 Å². The molecule has 1 aliphatic rings. The predicted molar refractivity (Wildman–Crippen MR) is 99.8 cm³/mol. The summed E-state index contributed by atoms with van der Waals surface area (Å²) in [5.74, 6) is 0.943. The fraction of sp³-hybridized carbons (Fsp3) is 0.706. The second-order valence-corrected chi connectivity index (χ2v) is 6.59. The Hall–Kier alpha value is -1.27. The van der Waals surface area contributed by atoms with Crippen molar-refractivity contribution in [1.82, 2.24) is 10.6 Å². The van der Waals surface area contributed by atoms with Gasteiger partial charge in [0.05, 0.1) is 5.00 Å². The first-order valence-corrected chi connectivity index (χ1v) is 9.62. The van der Waals surface area contributed by atoms with E-state index >= 15 is 0 Å². The van der Waals surface area contributed by atoms with E-state index in [1.807, 2.05) is 18.3 Å². The van der Waals surface area contributed by atoms with E-state index in [9.17, 15) is 0 Å². The molecule has 1 saturated heterocycles. The molecule has 2 heterocycles. The highest BCUT2D eigenvalue weighted by atomic mass is 32.1. The number of nitrogens with one attached hydrogen (secondary N) is 2. The van der Waals surface area contributed by atoms with Crippen molar-refractivity contribution >= 4 is 22.3 Å². The van der Waals surface area contributed by atoms with Gasteiger partial charge >= 0.3 is 0 Å². The van der Waals surface area contributed by atoms with Crippen molar-refractivity contribution < 1.29 is 4.74 Å². The molecule has 0 spiro atoms. The molecule has 23 heavy (non-hydrogen) atoms. The highest BCUT2D eigenvalue weighted by Gasteiger charge is 2.20. The van der Waals surface area contributed by atoms with E-state index in [1.54, 1.807) is 0 Å². The third kappa shape index (κ3) is 6.39. The SMILES string of the molecule is CCNC(=NCCCOCC)NC1CCN(c2cccs2)CC1. The van der Waals surface area contributed by atoms with Crippen LogP contribution in [0.2, 0.25) is 0 Å². The molecule has 1 fully saturated rings. The summed E-state index contributed by atoms with van der Waals surface area (Å²) >= 11 is 1.83. The monoisotopic (exact) mass is 338 g/mol. The predicted octanol–water partition coefficient (Wildman–Crippen LogP) is 2.70. The first kappa shape index (κ1) is 18.1. The number of nitrogens with zero attached hydrogens (tertiary/aromatic N) is 2. The highest BCUT2D eigenvalue weighted by molar-refractivity contribution is 7.14. The standard InChI is InChI=1S/C17H30N4OS/c1-3-18-17(19-10-6-13-22-4-2)20-15-8-11-21(12-9-15)16-7-5-14-23-16/h5,7,14-15H,3-4,6,8-13H2,1-2H3,(H2,18,19,20). The average Bonchev–Trinajstić information content (AvgIpc) is 3.10. The van der Waals surface area contributed by atoms with Gasteiger partial charge in [0.2, 0.25) is 0 Å². The van der Waals surface area contributed by atoms with Crippen molar-refractivity contribution in [3.05, 3.63) is 17.5 Å². The van der Waals surface area contributed by atoms with Crippen molar-refractivity contribution in [2.24, 2.45) is 4.99 Å². The number of piperidine rings is 1. The molecule has 1 aliphatic heterocycles. The van der Waals surface area contributed by atoms with Crippen molar-refractivity contribution in [2.75, 3.05) is 44.3 Å². The van der Waals surface area contributed by atoms with E-state index in [-0.39, 0.29) is 0 Å². The Morgan fingerprint density at radius 1 is 1.39 bits per heavy atom. The lowest BCUT2D eigenvalue weighted by Gasteiger charge is -2.33. The summed E-state index contributed by atoms with van der Waals surface area (Å²) in [7, 11) is 0. The lowest BCUT2D eigenvalue weighted by molar-refractivity contribution is 0.146. The van der Waals surface area contributed by atoms with Crippen molar-refractivity contribution in [1.29, 1.82) is 0 Å². The van der Waals surface area contributed by atoms with Gasteiger partial charge in [-0.3, -0.25) is 4.99 Å². The van der Waals surface area contributed by atoms with Crippen LogP contribution in [0.25, 0.3) is 0 Å². The molecule has 0 amide bonds. The van der Waals surface area contributed by atoms with Gasteiger partial charge in [-0.15, -0.1) is 11.3 Å². The molecular formula is C17H30N4OS. The Morgan fingerprint density at radius 3 is 2.87 bits per heavy atom. The smallest absolute Gasteiger partial charge is 0.191 e. The molecule has 1 aromatic rings. The van der Waals surface area contributed by atoms with E-state index in [4.69, 9.17) is 4.74 Å². The summed E-state index contributed by atoms with van der Waals surface area (Å²) in [6.07, 6.45) is 3.28. The van der Waals surface area contributed by atoms with Crippen LogP contribution in [0.3, 0.4) is 0 Å². The van der Waals surface area contributed by atoms with Gasteiger partial charge in [-0.1, -0.05) is 0 Å². The normalized spacial score (nSPS) is 16.6. The first-order valence-electron chi connectivity index (χ1n) is 8.74. The first-order chi connectivity index (χ1) is 11.3. The summed E-state index contributed by atoms with van der Waals surface area (Å²) in [4.78, 5) is 7.13. The van der Waals surface area contributed by atoms with Gasteiger partial charge in [-0.05, 0) is 50.6 Å². The minimum absolute atomic E-state index is 0.510. The fourth-order valence-electron chi connectivity index (χ4n) is 2.71. The molecule has 5 nitrogen and oxygen atoms in total. The lowest BCUT2D eigenvalue weighted by Crippen LogP contribution is -2.48. The number of rotatable bonds is 8. The van der Waals surface area contributed by atoms with Crippen LogP contribution < -0.4 is 15.5 Å². The minimum atomic E-state index is 0.510. The van der Waals surface area contributed by atoms with Crippen LogP contribution in [0.15, 0.2) is 22.5 Å². The van der Waals surface area contributed by atoms with Gasteiger partial charge in [0.1, 0.15) is 0 Å². The van der Waals surface area contributed by atoms with Crippen LogP contribution in [-0.2, 0) is 4.74 Å². The maximum absolute atomic E-state index is 5.36. The van der Waals surface area contributed by atoms with E-state index in [1.165, 1.54) is 5.00 Å². The van der Waals surface area contributed by atoms with Gasteiger partial charge in [0.25, 0.3) is 0 Å². The van der Waals surface area contributed by atoms with Crippen molar-refractivity contribution in [3.63, 3.8) is 0 Å². The van der Waals surface area contributed by atoms with Crippen LogP contribution in [0.1, 0.15) is 33.1 Å². The van der Waals surface area contributed by atoms with Gasteiger partial charge < -0.3 is 20.3 Å². The number of hydrogen-bond acceptors (Lipinski definition) is 4. The third-order valence-corrected chi connectivity index (χ3v) is 4.85. The number of ether oxygens (including phenoxy) is 1. The molecule has 0 aliphatic carbocycles. The number of anilines is 1. The zero-order valence-electron chi connectivity index (χ0n) is 14.4. The summed E-state index contributed by atoms with van der Waals surface area (Å²) in [5, 5.41) is 10.5. The molecule has 0 atom stereocenters. The summed E-state index contributed by atoms with van der Waals surface area (Å²) in [5.41, 5.74) is 0. The van der Waals surface area contributed by atoms with Crippen LogP contribution >= 0.6 is 11.3 Å². The van der Waals surface area contributed by atoms with Crippen molar-refractivity contribution in [3.8, 4) is 0 Å². The average molecular weight is 339 g/mol. The van der Waals surface area contributed by atoms with E-state index in [0.717, 1.165) is 64.6 Å². The van der Waals surface area contributed by atoms with Crippen molar-refractivity contribution in [2.45, 2.75) is 39.2 Å². The van der Waals surface area contributed by atoms with Crippen LogP contribution in [0.5, 0.6) is 0 Å². The molecule has 0 bridgehead atoms. The third-order valence-electron chi connectivity index (χ3n) is 3.92. The molecule has 0 unspecified atom stereocenters. The molecule has 0 aromatic carbocycles. The second kappa shape index (κ2) is 10.5. The van der Waals surface area contributed by atoms with Gasteiger partial charge in [0, 0.05) is 45.4 Å². The molecule has 0 radical (unpaired) electrons. The Morgan fingerprint density at radius 2 is 2.22 bits per heavy atom. The fourth-order valence-corrected chi connectivity index (χ4v) is 3.49. The minimum Gasteiger partial charge on any atom is -0.382 e. The van der Waals surface area contributed by atoms with E-state index < -0.39 is 0 Å². The Kier molecular flexibility index (Phi) is 8.25. The molecular weight excluding hydrogens is 308 g/mol. The van der Waals surface area contributed by atoms with Crippen LogP contribution in [0.4, 0.5) is 5.00 Å². The molecule has 1 aromatic heterocycles. The second-order valence-electron chi connectivity index (χ2n) is 5.67. The zero-order chi connectivity index (χ0) is 16.3. The Labute approximate surface area is 144 Å². The van der Waals surface area contributed by atoms with Gasteiger partial charge in [0.15, 0.2) is 5.96 Å². The molecule has 6 heteroatoms. The number of thiophene rings is 1. The van der Waals surface area contributed by atoms with Gasteiger partial charge in [-0.2, -0.15) is 0 Å². The maximum Gasteiger partial charge on any atom is 0.191 e. The molecule has 2 rings (SSSR count). The Bertz CT molecular complexity index is 441. The lowest BCUT2D eigenvalue weighted by atomic mass is 10.1. The van der Waals surface area contributed by atoms with Crippen LogP contribution in [0, 0.1) is 0 Å². The zero-order valence-corrected chi connectivity index (χ0v) is 15.2. The number of aliphatic imine (C=N–C) groups is 1. The Balaban J connectivity index is 1.73. The largest absolute Gasteiger partial charge is 0.382 e. The van der Waals surface area contributed by atoms with E-state index in [0.29, 0.717) is 6.04 Å². The molecule has 130 valence electrons. The maximum atomic E-state index is 5.36. The number of hydrogen-bond donors (Lipinski definition) is 2. The summed E-state index contributed by atoms with van der Waals surface area (Å²) in [6.45, 7) is 9.64.